The number of carbonyl (C=O) groups excluding carboxylic acids is 3. The Balaban J connectivity index is 1.89. The standard InChI is InChI=1S/C20H21NO6/c1-3-26-20(24)16-9-4-5-10-17(16)21-18(22)13-27-19(23)12-14-7-6-8-15(11-14)25-2/h4-11H,3,12-13H2,1-2H3,(H,21,22). The lowest BCUT2D eigenvalue weighted by molar-refractivity contribution is -0.146. The molecule has 0 spiro atoms. The van der Waals surface area contributed by atoms with E-state index < -0.39 is 24.5 Å². The number of ether oxygens (including phenoxy) is 3. The molecule has 0 saturated carbocycles. The topological polar surface area (TPSA) is 90.9 Å². The molecule has 1 amide bonds. The van der Waals surface area contributed by atoms with Crippen LogP contribution in [0.15, 0.2) is 48.5 Å². The van der Waals surface area contributed by atoms with Gasteiger partial charge in [0, 0.05) is 0 Å². The van der Waals surface area contributed by atoms with E-state index in [1.165, 1.54) is 7.11 Å². The highest BCUT2D eigenvalue weighted by Crippen LogP contribution is 2.16. The van der Waals surface area contributed by atoms with E-state index in [-0.39, 0.29) is 18.6 Å². The zero-order chi connectivity index (χ0) is 19.6. The number of esters is 2. The van der Waals surface area contributed by atoms with E-state index in [0.29, 0.717) is 17.0 Å². The van der Waals surface area contributed by atoms with Crippen molar-refractivity contribution in [2.24, 2.45) is 0 Å². The number of nitrogens with one attached hydrogen (secondary N) is 1. The lowest BCUT2D eigenvalue weighted by Crippen LogP contribution is -2.23. The van der Waals surface area contributed by atoms with Gasteiger partial charge in [0.1, 0.15) is 5.75 Å². The van der Waals surface area contributed by atoms with Gasteiger partial charge in [0.2, 0.25) is 0 Å². The Labute approximate surface area is 157 Å². The second kappa shape index (κ2) is 9.96. The molecule has 0 bridgehead atoms. The highest BCUT2D eigenvalue weighted by molar-refractivity contribution is 6.01. The molecular formula is C20H21NO6. The molecule has 2 aromatic carbocycles. The second-order valence-corrected chi connectivity index (χ2v) is 5.50. The molecule has 0 saturated heterocycles. The second-order valence-electron chi connectivity index (χ2n) is 5.50. The molecule has 0 radical (unpaired) electrons. The molecule has 0 heterocycles. The molecular weight excluding hydrogens is 350 g/mol. The van der Waals surface area contributed by atoms with E-state index >= 15 is 0 Å². The van der Waals surface area contributed by atoms with Gasteiger partial charge >= 0.3 is 11.9 Å². The van der Waals surface area contributed by atoms with Crippen molar-refractivity contribution in [3.05, 3.63) is 59.7 Å². The number of rotatable bonds is 8. The molecule has 0 aliphatic carbocycles. The lowest BCUT2D eigenvalue weighted by Gasteiger charge is -2.10. The molecule has 0 aliphatic heterocycles. The Morgan fingerprint density at radius 3 is 2.52 bits per heavy atom. The quantitative estimate of drug-likeness (QED) is 0.717. The summed E-state index contributed by atoms with van der Waals surface area (Å²) in [7, 11) is 1.54. The summed E-state index contributed by atoms with van der Waals surface area (Å²) in [6.45, 7) is 1.46. The summed E-state index contributed by atoms with van der Waals surface area (Å²) in [6.07, 6.45) is 0.0178. The Hall–Kier alpha value is -3.35. The summed E-state index contributed by atoms with van der Waals surface area (Å²) in [5.74, 6) is -1.00. The van der Waals surface area contributed by atoms with Gasteiger partial charge in [-0.1, -0.05) is 24.3 Å². The van der Waals surface area contributed by atoms with Gasteiger partial charge in [-0.3, -0.25) is 9.59 Å². The maximum absolute atomic E-state index is 12.0. The van der Waals surface area contributed by atoms with E-state index in [4.69, 9.17) is 14.2 Å². The van der Waals surface area contributed by atoms with Gasteiger partial charge in [0.15, 0.2) is 6.61 Å². The van der Waals surface area contributed by atoms with Crippen molar-refractivity contribution in [2.45, 2.75) is 13.3 Å². The predicted octanol–water partition coefficient (Wildman–Crippen LogP) is 2.60. The molecule has 0 aliphatic rings. The SMILES string of the molecule is CCOC(=O)c1ccccc1NC(=O)COC(=O)Cc1cccc(OC)c1. The Morgan fingerprint density at radius 2 is 1.78 bits per heavy atom. The van der Waals surface area contributed by atoms with Crippen molar-refractivity contribution < 1.29 is 28.6 Å². The Bertz CT molecular complexity index is 818. The summed E-state index contributed by atoms with van der Waals surface area (Å²) in [5.41, 5.74) is 1.24. The first-order valence-corrected chi connectivity index (χ1v) is 8.38. The molecule has 0 aromatic heterocycles. The van der Waals surface area contributed by atoms with Crippen LogP contribution in [0, 0.1) is 0 Å². The minimum absolute atomic E-state index is 0.0178. The van der Waals surface area contributed by atoms with E-state index in [0.717, 1.165) is 0 Å². The zero-order valence-electron chi connectivity index (χ0n) is 15.2. The smallest absolute Gasteiger partial charge is 0.340 e. The molecule has 2 aromatic rings. The normalized spacial score (nSPS) is 10.0. The van der Waals surface area contributed by atoms with Crippen molar-refractivity contribution in [3.8, 4) is 5.75 Å². The molecule has 0 fully saturated rings. The number of para-hydroxylation sites is 1. The first kappa shape index (κ1) is 20.0. The third-order valence-electron chi connectivity index (χ3n) is 3.54. The highest BCUT2D eigenvalue weighted by atomic mass is 16.5. The number of benzene rings is 2. The number of hydrogen-bond donors (Lipinski definition) is 1. The van der Waals surface area contributed by atoms with Crippen molar-refractivity contribution in [1.82, 2.24) is 0 Å². The number of amides is 1. The summed E-state index contributed by atoms with van der Waals surface area (Å²) >= 11 is 0. The fourth-order valence-corrected chi connectivity index (χ4v) is 2.31. The average Bonchev–Trinajstić information content (AvgIpc) is 2.67. The maximum Gasteiger partial charge on any atom is 0.340 e. The predicted molar refractivity (Wildman–Crippen MR) is 98.7 cm³/mol. The number of methoxy groups -OCH3 is 1. The van der Waals surface area contributed by atoms with Crippen molar-refractivity contribution in [2.75, 3.05) is 25.6 Å². The van der Waals surface area contributed by atoms with E-state index in [9.17, 15) is 14.4 Å². The van der Waals surface area contributed by atoms with Gasteiger partial charge < -0.3 is 19.5 Å². The summed E-state index contributed by atoms with van der Waals surface area (Å²) in [5, 5.41) is 2.55. The average molecular weight is 371 g/mol. The van der Waals surface area contributed by atoms with Gasteiger partial charge in [-0.05, 0) is 36.8 Å². The number of carbonyl (C=O) groups is 3. The molecule has 1 N–H and O–H groups in total. The number of anilines is 1. The lowest BCUT2D eigenvalue weighted by atomic mass is 10.1. The Morgan fingerprint density at radius 1 is 1.00 bits per heavy atom. The third-order valence-corrected chi connectivity index (χ3v) is 3.54. The first-order chi connectivity index (χ1) is 13.0. The van der Waals surface area contributed by atoms with Crippen LogP contribution < -0.4 is 10.1 Å². The van der Waals surface area contributed by atoms with Crippen LogP contribution in [0.25, 0.3) is 0 Å². The van der Waals surface area contributed by atoms with Crippen LogP contribution in [0.2, 0.25) is 0 Å². The van der Waals surface area contributed by atoms with Crippen molar-refractivity contribution in [3.63, 3.8) is 0 Å². The van der Waals surface area contributed by atoms with E-state index in [1.807, 2.05) is 0 Å². The van der Waals surface area contributed by atoms with E-state index in [2.05, 4.69) is 5.32 Å². The summed E-state index contributed by atoms with van der Waals surface area (Å²) in [4.78, 5) is 35.9. The monoisotopic (exact) mass is 371 g/mol. The number of hydrogen-bond acceptors (Lipinski definition) is 6. The molecule has 7 heteroatoms. The van der Waals surface area contributed by atoms with Gasteiger partial charge in [0.25, 0.3) is 5.91 Å². The van der Waals surface area contributed by atoms with Gasteiger partial charge in [0.05, 0.1) is 31.4 Å². The van der Waals surface area contributed by atoms with Gasteiger partial charge in [-0.25, -0.2) is 4.79 Å². The molecule has 27 heavy (non-hydrogen) atoms. The van der Waals surface area contributed by atoms with Crippen LogP contribution in [0.1, 0.15) is 22.8 Å². The van der Waals surface area contributed by atoms with Crippen LogP contribution in [-0.4, -0.2) is 38.2 Å². The van der Waals surface area contributed by atoms with Crippen molar-refractivity contribution >= 4 is 23.5 Å². The van der Waals surface area contributed by atoms with E-state index in [1.54, 1.807) is 55.5 Å². The van der Waals surface area contributed by atoms with Crippen molar-refractivity contribution in [1.29, 1.82) is 0 Å². The third kappa shape index (κ3) is 6.14. The van der Waals surface area contributed by atoms with Gasteiger partial charge in [-0.15, -0.1) is 0 Å². The van der Waals surface area contributed by atoms with Crippen LogP contribution in [-0.2, 0) is 25.5 Å². The van der Waals surface area contributed by atoms with Gasteiger partial charge in [-0.2, -0.15) is 0 Å². The van der Waals surface area contributed by atoms with Crippen LogP contribution in [0.4, 0.5) is 5.69 Å². The maximum atomic E-state index is 12.0. The molecule has 0 unspecified atom stereocenters. The first-order valence-electron chi connectivity index (χ1n) is 8.38. The van der Waals surface area contributed by atoms with Crippen LogP contribution in [0.3, 0.4) is 0 Å². The zero-order valence-corrected chi connectivity index (χ0v) is 15.2. The van der Waals surface area contributed by atoms with Crippen LogP contribution in [0.5, 0.6) is 5.75 Å². The fraction of sp³-hybridized carbons (Fsp3) is 0.250. The summed E-state index contributed by atoms with van der Waals surface area (Å²) in [6, 6.07) is 13.5. The molecule has 142 valence electrons. The fourth-order valence-electron chi connectivity index (χ4n) is 2.31. The summed E-state index contributed by atoms with van der Waals surface area (Å²) < 4.78 is 15.0. The molecule has 7 nitrogen and oxygen atoms in total. The highest BCUT2D eigenvalue weighted by Gasteiger charge is 2.15. The molecule has 0 atom stereocenters. The minimum Gasteiger partial charge on any atom is -0.497 e. The molecule has 2 rings (SSSR count). The van der Waals surface area contributed by atoms with Crippen LogP contribution >= 0.6 is 0 Å². The Kier molecular flexibility index (Phi) is 7.37. The minimum atomic E-state index is -0.550. The largest absolute Gasteiger partial charge is 0.497 e.